The fraction of sp³-hybridized carbons (Fsp3) is 0.571. The Balaban J connectivity index is 3.31. The Labute approximate surface area is 114 Å². The van der Waals surface area contributed by atoms with Crippen LogP contribution < -0.4 is 19.9 Å². The Kier molecular flexibility index (Phi) is 5.44. The second-order valence-electron chi connectivity index (χ2n) is 4.71. The molecule has 108 valence electrons. The molecule has 0 saturated heterocycles. The molecule has 5 nitrogen and oxygen atoms in total. The highest BCUT2D eigenvalue weighted by Crippen LogP contribution is 2.39. The van der Waals surface area contributed by atoms with E-state index in [2.05, 4.69) is 0 Å². The Bertz CT molecular complexity index is 395. The molecule has 3 N–H and O–H groups in total. The van der Waals surface area contributed by atoms with Gasteiger partial charge in [-0.15, -0.1) is 0 Å². The average Bonchev–Trinajstić information content (AvgIpc) is 2.43. The van der Waals surface area contributed by atoms with Gasteiger partial charge in [-0.05, 0) is 5.92 Å². The summed E-state index contributed by atoms with van der Waals surface area (Å²) in [6.45, 7) is 3.82. The maximum absolute atomic E-state index is 10.1. The van der Waals surface area contributed by atoms with E-state index in [0.717, 1.165) is 0 Å². The monoisotopic (exact) mass is 269 g/mol. The van der Waals surface area contributed by atoms with Gasteiger partial charge in [-0.3, -0.25) is 0 Å². The number of aliphatic hydroxyl groups excluding tert-OH is 1. The van der Waals surface area contributed by atoms with Crippen LogP contribution in [-0.2, 0) is 0 Å². The van der Waals surface area contributed by atoms with Crippen LogP contribution in [0.25, 0.3) is 0 Å². The third-order valence-corrected chi connectivity index (χ3v) is 3.14. The summed E-state index contributed by atoms with van der Waals surface area (Å²) in [6, 6.07) is 2.87. The molecular weight excluding hydrogens is 246 g/mol. The van der Waals surface area contributed by atoms with Gasteiger partial charge in [0.15, 0.2) is 0 Å². The average molecular weight is 269 g/mol. The summed E-state index contributed by atoms with van der Waals surface area (Å²) >= 11 is 0. The first-order chi connectivity index (χ1) is 8.96. The molecule has 0 fully saturated rings. The summed E-state index contributed by atoms with van der Waals surface area (Å²) in [4.78, 5) is 0. The number of benzene rings is 1. The Morgan fingerprint density at radius 3 is 1.79 bits per heavy atom. The molecule has 0 bridgehead atoms. The van der Waals surface area contributed by atoms with Crippen LogP contribution >= 0.6 is 0 Å². The molecule has 0 aliphatic heterocycles. The molecule has 0 saturated carbocycles. The van der Waals surface area contributed by atoms with Gasteiger partial charge in [-0.2, -0.15) is 0 Å². The smallest absolute Gasteiger partial charge is 0.131 e. The van der Waals surface area contributed by atoms with Crippen LogP contribution in [0.5, 0.6) is 17.2 Å². The van der Waals surface area contributed by atoms with Crippen LogP contribution in [-0.4, -0.2) is 32.5 Å². The molecule has 0 aromatic heterocycles. The van der Waals surface area contributed by atoms with E-state index in [4.69, 9.17) is 19.9 Å². The molecular formula is C14H23NO4. The highest BCUT2D eigenvalue weighted by Gasteiger charge is 2.27. The lowest BCUT2D eigenvalue weighted by molar-refractivity contribution is 0.0958. The summed E-state index contributed by atoms with van der Waals surface area (Å²) in [6.07, 6.45) is -0.684. The van der Waals surface area contributed by atoms with Gasteiger partial charge >= 0.3 is 0 Å². The van der Waals surface area contributed by atoms with Crippen LogP contribution in [0.1, 0.15) is 25.5 Å². The van der Waals surface area contributed by atoms with Crippen molar-refractivity contribution >= 4 is 0 Å². The van der Waals surface area contributed by atoms with Crippen molar-refractivity contribution in [3.8, 4) is 17.2 Å². The van der Waals surface area contributed by atoms with E-state index < -0.39 is 12.1 Å². The first-order valence-corrected chi connectivity index (χ1v) is 6.19. The third-order valence-electron chi connectivity index (χ3n) is 3.14. The summed E-state index contributed by atoms with van der Waals surface area (Å²) < 4.78 is 15.8. The second-order valence-corrected chi connectivity index (χ2v) is 4.71. The minimum absolute atomic E-state index is 0.0338. The number of rotatable bonds is 6. The lowest BCUT2D eigenvalue weighted by atomic mass is 9.93. The van der Waals surface area contributed by atoms with Crippen LogP contribution in [0.3, 0.4) is 0 Å². The number of hydrogen-bond acceptors (Lipinski definition) is 5. The van der Waals surface area contributed by atoms with Crippen LogP contribution in [0.2, 0.25) is 0 Å². The number of methoxy groups -OCH3 is 3. The van der Waals surface area contributed by atoms with Crippen molar-refractivity contribution in [3.05, 3.63) is 17.7 Å². The van der Waals surface area contributed by atoms with Crippen molar-refractivity contribution in [1.29, 1.82) is 0 Å². The Morgan fingerprint density at radius 2 is 1.47 bits per heavy atom. The zero-order chi connectivity index (χ0) is 14.6. The zero-order valence-corrected chi connectivity index (χ0v) is 12.1. The molecule has 0 unspecified atom stereocenters. The Morgan fingerprint density at radius 1 is 1.00 bits per heavy atom. The van der Waals surface area contributed by atoms with E-state index in [1.54, 1.807) is 33.5 Å². The first kappa shape index (κ1) is 15.6. The molecule has 0 spiro atoms. The molecule has 0 aliphatic carbocycles. The van der Waals surface area contributed by atoms with E-state index in [-0.39, 0.29) is 5.92 Å². The maximum Gasteiger partial charge on any atom is 0.131 e. The minimum Gasteiger partial charge on any atom is -0.496 e. The lowest BCUT2D eigenvalue weighted by Crippen LogP contribution is -2.31. The van der Waals surface area contributed by atoms with Gasteiger partial charge in [-0.1, -0.05) is 13.8 Å². The molecule has 0 radical (unpaired) electrons. The summed E-state index contributed by atoms with van der Waals surface area (Å²) in [5.74, 6) is 1.74. The van der Waals surface area contributed by atoms with Gasteiger partial charge in [0.1, 0.15) is 17.2 Å². The first-order valence-electron chi connectivity index (χ1n) is 6.19. The highest BCUT2D eigenvalue weighted by atomic mass is 16.5. The highest BCUT2D eigenvalue weighted by molar-refractivity contribution is 5.52. The molecule has 1 rings (SSSR count). The van der Waals surface area contributed by atoms with Crippen molar-refractivity contribution in [2.75, 3.05) is 21.3 Å². The third kappa shape index (κ3) is 3.30. The lowest BCUT2D eigenvalue weighted by Gasteiger charge is -2.26. The largest absolute Gasteiger partial charge is 0.496 e. The van der Waals surface area contributed by atoms with Crippen molar-refractivity contribution < 1.29 is 19.3 Å². The fourth-order valence-electron chi connectivity index (χ4n) is 1.95. The number of nitrogens with two attached hydrogens (primary N) is 1. The number of hydrogen-bond donors (Lipinski definition) is 2. The van der Waals surface area contributed by atoms with Crippen LogP contribution in [0, 0.1) is 5.92 Å². The van der Waals surface area contributed by atoms with Crippen molar-refractivity contribution in [3.63, 3.8) is 0 Å². The van der Waals surface area contributed by atoms with Crippen molar-refractivity contribution in [1.82, 2.24) is 0 Å². The van der Waals surface area contributed by atoms with Gasteiger partial charge in [-0.25, -0.2) is 0 Å². The van der Waals surface area contributed by atoms with Crippen molar-refractivity contribution in [2.24, 2.45) is 11.7 Å². The van der Waals surface area contributed by atoms with E-state index in [0.29, 0.717) is 22.8 Å². The SMILES string of the molecule is COc1cc(OC)c([C@H](N)[C@H](O)C(C)C)c(OC)c1. The van der Waals surface area contributed by atoms with Gasteiger partial charge in [0.2, 0.25) is 0 Å². The molecule has 2 atom stereocenters. The van der Waals surface area contributed by atoms with Crippen LogP contribution in [0.15, 0.2) is 12.1 Å². The quantitative estimate of drug-likeness (QED) is 0.822. The summed E-state index contributed by atoms with van der Waals surface area (Å²) in [5, 5.41) is 10.1. The predicted octanol–water partition coefficient (Wildman–Crippen LogP) is 1.73. The molecule has 0 amide bonds. The van der Waals surface area contributed by atoms with E-state index in [1.165, 1.54) is 0 Å². The summed E-state index contributed by atoms with van der Waals surface area (Å²) in [5.41, 5.74) is 6.78. The van der Waals surface area contributed by atoms with E-state index in [1.807, 2.05) is 13.8 Å². The van der Waals surface area contributed by atoms with Gasteiger partial charge < -0.3 is 25.1 Å². The molecule has 19 heavy (non-hydrogen) atoms. The molecule has 1 aromatic carbocycles. The van der Waals surface area contributed by atoms with Crippen molar-refractivity contribution in [2.45, 2.75) is 26.0 Å². The molecule has 1 aromatic rings. The molecule has 0 heterocycles. The maximum atomic E-state index is 10.1. The second kappa shape index (κ2) is 6.63. The minimum atomic E-state index is -0.684. The van der Waals surface area contributed by atoms with E-state index >= 15 is 0 Å². The normalized spacial score (nSPS) is 14.1. The van der Waals surface area contributed by atoms with Crippen LogP contribution in [0.4, 0.5) is 0 Å². The number of ether oxygens (including phenoxy) is 3. The van der Waals surface area contributed by atoms with Gasteiger partial charge in [0.25, 0.3) is 0 Å². The van der Waals surface area contributed by atoms with Gasteiger partial charge in [0, 0.05) is 12.1 Å². The van der Waals surface area contributed by atoms with Gasteiger partial charge in [0.05, 0.1) is 39.0 Å². The standard InChI is InChI=1S/C14H23NO4/c1-8(2)14(16)13(15)12-10(18-4)6-9(17-3)7-11(12)19-5/h6-8,13-14,16H,15H2,1-5H3/t13-,14+/m0/s1. The summed E-state index contributed by atoms with van der Waals surface area (Å²) in [7, 11) is 4.66. The van der Waals surface area contributed by atoms with E-state index in [9.17, 15) is 5.11 Å². The Hall–Kier alpha value is -1.46. The molecule has 0 aliphatic rings. The predicted molar refractivity (Wildman–Crippen MR) is 73.9 cm³/mol. The molecule has 5 heteroatoms. The number of aliphatic hydroxyl groups is 1. The zero-order valence-electron chi connectivity index (χ0n) is 12.1. The topological polar surface area (TPSA) is 73.9 Å². The fourth-order valence-corrected chi connectivity index (χ4v) is 1.95.